The van der Waals surface area contributed by atoms with Crippen molar-refractivity contribution < 1.29 is 58.0 Å². The van der Waals surface area contributed by atoms with Gasteiger partial charge in [0.1, 0.15) is 30.2 Å². The van der Waals surface area contributed by atoms with Crippen molar-refractivity contribution in [2.45, 2.75) is 176 Å². The van der Waals surface area contributed by atoms with E-state index < -0.39 is 126 Å². The number of benzene rings is 1. The molecule has 68 heavy (non-hydrogen) atoms. The minimum absolute atomic E-state index is 0.0545. The molecule has 10 atom stereocenters. The lowest BCUT2D eigenvalue weighted by Crippen LogP contribution is -2.59. The number of likely N-dealkylation sites (N-methyl/N-ethyl adjacent to an activating group) is 2. The fourth-order valence-electron chi connectivity index (χ4n) is 8.22. The van der Waals surface area contributed by atoms with E-state index in [0.29, 0.717) is 25.8 Å². The van der Waals surface area contributed by atoms with E-state index in [9.17, 15) is 48.6 Å². The summed E-state index contributed by atoms with van der Waals surface area (Å²) in [5.74, 6) is -6.57. The molecule has 0 bridgehead atoms. The molecule has 0 saturated carbocycles. The van der Waals surface area contributed by atoms with Crippen molar-refractivity contribution in [3.8, 4) is 0 Å². The molecule has 1 aliphatic heterocycles. The summed E-state index contributed by atoms with van der Waals surface area (Å²) in [4.78, 5) is 113. The third-order valence-electron chi connectivity index (χ3n) is 12.6. The average Bonchev–Trinajstić information content (AvgIpc) is 3.78. The number of aliphatic hydroxyl groups excluding tert-OH is 2. The molecule has 0 aromatic heterocycles. The van der Waals surface area contributed by atoms with E-state index in [4.69, 9.17) is 9.47 Å². The number of nitrogens with one attached hydrogen (secondary N) is 3. The van der Waals surface area contributed by atoms with Gasteiger partial charge in [-0.3, -0.25) is 28.8 Å². The second kappa shape index (κ2) is 27.8. The van der Waals surface area contributed by atoms with E-state index in [1.807, 2.05) is 65.0 Å². The zero-order chi connectivity index (χ0) is 51.7. The molecule has 18 nitrogen and oxygen atoms in total. The molecule has 0 unspecified atom stereocenters. The van der Waals surface area contributed by atoms with E-state index in [1.54, 1.807) is 34.6 Å². The van der Waals surface area contributed by atoms with Gasteiger partial charge in [0.05, 0.1) is 25.7 Å². The Morgan fingerprint density at radius 2 is 1.35 bits per heavy atom. The smallest absolute Gasteiger partial charge is 0.336 e. The third kappa shape index (κ3) is 17.1. The van der Waals surface area contributed by atoms with Gasteiger partial charge in [-0.2, -0.15) is 0 Å². The Morgan fingerprint density at radius 1 is 0.765 bits per heavy atom. The van der Waals surface area contributed by atoms with Crippen LogP contribution in [0.2, 0.25) is 0 Å². The van der Waals surface area contributed by atoms with E-state index >= 15 is 0 Å². The van der Waals surface area contributed by atoms with Gasteiger partial charge in [-0.1, -0.05) is 106 Å². The fraction of sp³-hybridized carbons (Fsp3) is 0.720. The topological polar surface area (TPSA) is 241 Å². The van der Waals surface area contributed by atoms with Crippen LogP contribution in [0.4, 0.5) is 0 Å². The predicted octanol–water partition coefficient (Wildman–Crippen LogP) is 3.00. The van der Waals surface area contributed by atoms with Crippen LogP contribution in [0.25, 0.3) is 0 Å². The zero-order valence-corrected chi connectivity index (χ0v) is 42.9. The predicted molar refractivity (Wildman–Crippen MR) is 256 cm³/mol. The quantitative estimate of drug-likeness (QED) is 0.0843. The van der Waals surface area contributed by atoms with Gasteiger partial charge in [0.2, 0.25) is 29.5 Å². The van der Waals surface area contributed by atoms with E-state index in [-0.39, 0.29) is 31.1 Å². The lowest BCUT2D eigenvalue weighted by Gasteiger charge is -2.35. The molecule has 1 aromatic rings. The van der Waals surface area contributed by atoms with Gasteiger partial charge < -0.3 is 50.3 Å². The number of hydrogen-bond donors (Lipinski definition) is 5. The van der Waals surface area contributed by atoms with Crippen molar-refractivity contribution in [3.05, 3.63) is 35.9 Å². The van der Waals surface area contributed by atoms with Gasteiger partial charge in [-0.25, -0.2) is 9.59 Å². The number of ether oxygens (including phenoxy) is 2. The highest BCUT2D eigenvalue weighted by Crippen LogP contribution is 2.24. The molecule has 0 spiro atoms. The molecule has 1 aliphatic rings. The maximum Gasteiger partial charge on any atom is 0.336 e. The van der Waals surface area contributed by atoms with Crippen LogP contribution in [0.3, 0.4) is 0 Å². The van der Waals surface area contributed by atoms with Crippen molar-refractivity contribution in [2.75, 3.05) is 27.7 Å². The summed E-state index contributed by atoms with van der Waals surface area (Å²) in [5, 5.41) is 30.2. The summed E-state index contributed by atoms with van der Waals surface area (Å²) < 4.78 is 10.5. The molecule has 384 valence electrons. The number of aliphatic hydroxyl groups is 2. The minimum atomic E-state index is -1.43. The van der Waals surface area contributed by atoms with Crippen molar-refractivity contribution in [2.24, 2.45) is 29.6 Å². The van der Waals surface area contributed by atoms with E-state index in [1.165, 1.54) is 42.8 Å². The number of esters is 2. The van der Waals surface area contributed by atoms with Crippen LogP contribution in [0.1, 0.15) is 120 Å². The first-order valence-corrected chi connectivity index (χ1v) is 24.2. The Hall–Kier alpha value is -5.10. The van der Waals surface area contributed by atoms with Gasteiger partial charge in [-0.15, -0.1) is 0 Å². The lowest BCUT2D eigenvalue weighted by molar-refractivity contribution is -0.173. The Morgan fingerprint density at radius 3 is 1.88 bits per heavy atom. The molecule has 18 heteroatoms. The summed E-state index contributed by atoms with van der Waals surface area (Å²) in [6.07, 6.45) is -2.51. The fourth-order valence-corrected chi connectivity index (χ4v) is 8.22. The zero-order valence-electron chi connectivity index (χ0n) is 42.9. The largest absolute Gasteiger partial charge is 0.467 e. The van der Waals surface area contributed by atoms with Gasteiger partial charge in [0, 0.05) is 27.1 Å². The van der Waals surface area contributed by atoms with Gasteiger partial charge in [0.25, 0.3) is 5.91 Å². The molecule has 1 saturated heterocycles. The summed E-state index contributed by atoms with van der Waals surface area (Å²) in [5.41, 5.74) is 0.780. The molecule has 2 rings (SSSR count). The standard InChI is InChI=1S/C50H82N6O12/c1-15-32(10)42(59)50(66)68-43(31(8)9)48(64)54(12)37(25-29(4)5)44(60)52-35(24-28(2)3)39(57)27-40(58)53-41(30(6)7)45(61)51-33(11)46(62)55(13)38(26-34-20-17-16-18-21-34)47(63)56-23-19-22-36(56)49(65)67-14/h16-18,20-21,28-33,35-39,41-43,57,59H,15,19,22-27H2,1-14H3,(H,51,61)(H,52,60)(H,53,58)/t32-,33-,35-,36-,37-,38+,39-,41-,42-,43+/m0/s1. The summed E-state index contributed by atoms with van der Waals surface area (Å²) >= 11 is 0. The number of carbonyl (C=O) groups excluding carboxylic acids is 8. The highest BCUT2D eigenvalue weighted by atomic mass is 16.6. The Balaban J connectivity index is 2.25. The number of methoxy groups -OCH3 is 1. The van der Waals surface area contributed by atoms with E-state index in [2.05, 4.69) is 16.0 Å². The van der Waals surface area contributed by atoms with Crippen molar-refractivity contribution in [3.63, 3.8) is 0 Å². The van der Waals surface area contributed by atoms with Crippen LogP contribution < -0.4 is 16.0 Å². The first-order chi connectivity index (χ1) is 31.8. The third-order valence-corrected chi connectivity index (χ3v) is 12.6. The highest BCUT2D eigenvalue weighted by Gasteiger charge is 2.42. The van der Waals surface area contributed by atoms with Crippen LogP contribution >= 0.6 is 0 Å². The molecular weight excluding hydrogens is 877 g/mol. The minimum Gasteiger partial charge on any atom is -0.467 e. The van der Waals surface area contributed by atoms with Gasteiger partial charge >= 0.3 is 11.9 Å². The second-order valence-corrected chi connectivity index (χ2v) is 19.9. The number of rotatable bonds is 26. The van der Waals surface area contributed by atoms with Gasteiger partial charge in [-0.05, 0) is 67.8 Å². The van der Waals surface area contributed by atoms with Crippen LogP contribution in [0, 0.1) is 29.6 Å². The highest BCUT2D eigenvalue weighted by molar-refractivity contribution is 5.95. The molecule has 1 heterocycles. The molecule has 0 radical (unpaired) electrons. The van der Waals surface area contributed by atoms with Crippen LogP contribution in [-0.2, 0) is 54.3 Å². The maximum atomic E-state index is 14.1. The molecular formula is C50H82N6O12. The molecule has 1 aromatic carbocycles. The van der Waals surface area contributed by atoms with Crippen molar-refractivity contribution in [1.29, 1.82) is 0 Å². The Labute approximate surface area is 404 Å². The monoisotopic (exact) mass is 959 g/mol. The number of amides is 6. The molecule has 1 fully saturated rings. The lowest BCUT2D eigenvalue weighted by atomic mass is 9.94. The number of likely N-dealkylation sites (tertiary alicyclic amines) is 1. The summed E-state index contributed by atoms with van der Waals surface area (Å²) in [7, 11) is 4.17. The van der Waals surface area contributed by atoms with Crippen molar-refractivity contribution >= 4 is 47.4 Å². The summed E-state index contributed by atoms with van der Waals surface area (Å²) in [6, 6.07) is 3.01. The Bertz CT molecular complexity index is 1840. The van der Waals surface area contributed by atoms with Crippen LogP contribution in [-0.4, -0.2) is 155 Å². The SMILES string of the molecule is CC[C@H](C)[C@H](O)C(=O)O[C@@H](C(=O)N(C)[C@@H](CC(C)C)C(=O)N[C@@H](CC(C)C)[C@@H](O)CC(=O)N[C@H](C(=O)N[C@@H](C)C(=O)N(C)[C@H](Cc1ccccc1)C(=O)N1CCC[C@H]1C(=O)OC)C(C)C)C(C)C. The Kier molecular flexibility index (Phi) is 24.1. The summed E-state index contributed by atoms with van der Waals surface area (Å²) in [6.45, 7) is 19.6. The van der Waals surface area contributed by atoms with Crippen LogP contribution in [0.15, 0.2) is 30.3 Å². The molecule has 0 aliphatic carbocycles. The molecule has 6 amide bonds. The molecule has 5 N–H and O–H groups in total. The normalized spacial score (nSPS) is 17.8. The first kappa shape index (κ1) is 59.0. The number of carbonyl (C=O) groups is 8. The first-order valence-electron chi connectivity index (χ1n) is 24.2. The van der Waals surface area contributed by atoms with Crippen molar-refractivity contribution in [1.82, 2.24) is 30.7 Å². The van der Waals surface area contributed by atoms with E-state index in [0.717, 1.165) is 5.56 Å². The second-order valence-electron chi connectivity index (χ2n) is 19.9. The maximum absolute atomic E-state index is 14.1. The van der Waals surface area contributed by atoms with Gasteiger partial charge in [0.15, 0.2) is 12.2 Å². The number of hydrogen-bond acceptors (Lipinski definition) is 12. The number of nitrogens with zero attached hydrogens (tertiary/aromatic N) is 3. The average molecular weight is 959 g/mol. The van der Waals surface area contributed by atoms with Crippen LogP contribution in [0.5, 0.6) is 0 Å².